The molecule has 2 aromatic rings. The van der Waals surface area contributed by atoms with E-state index in [1.807, 2.05) is 0 Å². The van der Waals surface area contributed by atoms with Crippen LogP contribution in [-0.4, -0.2) is 4.98 Å². The van der Waals surface area contributed by atoms with E-state index in [1.165, 1.54) is 6.07 Å². The van der Waals surface area contributed by atoms with Crippen LogP contribution in [0, 0.1) is 5.82 Å². The molecule has 0 aliphatic heterocycles. The second-order valence-corrected chi connectivity index (χ2v) is 4.29. The summed E-state index contributed by atoms with van der Waals surface area (Å²) in [5.74, 6) is -0.854. The number of halogens is 5. The van der Waals surface area contributed by atoms with Crippen LogP contribution in [0.5, 0.6) is 0 Å². The van der Waals surface area contributed by atoms with Crippen LogP contribution in [0.2, 0.25) is 0 Å². The molecule has 0 bridgehead atoms. The van der Waals surface area contributed by atoms with Crippen molar-refractivity contribution < 1.29 is 17.6 Å². The first-order valence-electron chi connectivity index (χ1n) is 4.41. The first-order chi connectivity index (χ1) is 7.79. The number of anilines is 1. The predicted molar refractivity (Wildman–Crippen MR) is 58.8 cm³/mol. The summed E-state index contributed by atoms with van der Waals surface area (Å²) in [5.41, 5.74) is 3.71. The Morgan fingerprint density at radius 1 is 1.18 bits per heavy atom. The van der Waals surface area contributed by atoms with E-state index in [1.54, 1.807) is 0 Å². The molecule has 0 unspecified atom stereocenters. The summed E-state index contributed by atoms with van der Waals surface area (Å²) in [6, 6.07) is 3.14. The summed E-state index contributed by atoms with van der Waals surface area (Å²) in [4.78, 5) is 3.25. The van der Waals surface area contributed by atoms with Gasteiger partial charge >= 0.3 is 6.18 Å². The molecule has 0 atom stereocenters. The molecule has 1 heterocycles. The molecule has 0 saturated carbocycles. The fourth-order valence-electron chi connectivity index (χ4n) is 1.42. The SMILES string of the molecule is Nc1cc(C(F)(F)F)nc2c(F)cc(Br)cc12. The Bertz CT molecular complexity index is 595. The maximum Gasteiger partial charge on any atom is 0.433 e. The second-order valence-electron chi connectivity index (χ2n) is 3.38. The number of nitrogens with zero attached hydrogens (tertiary/aromatic N) is 1. The van der Waals surface area contributed by atoms with Crippen molar-refractivity contribution in [3.8, 4) is 0 Å². The van der Waals surface area contributed by atoms with Crippen LogP contribution in [0.25, 0.3) is 10.9 Å². The lowest BCUT2D eigenvalue weighted by Crippen LogP contribution is -2.09. The van der Waals surface area contributed by atoms with E-state index in [9.17, 15) is 17.6 Å². The van der Waals surface area contributed by atoms with Crippen molar-refractivity contribution >= 4 is 32.5 Å². The number of benzene rings is 1. The van der Waals surface area contributed by atoms with Gasteiger partial charge in [-0.2, -0.15) is 13.2 Å². The molecular weight excluding hydrogens is 304 g/mol. The van der Waals surface area contributed by atoms with Crippen LogP contribution < -0.4 is 5.73 Å². The Kier molecular flexibility index (Phi) is 2.73. The Morgan fingerprint density at radius 2 is 1.82 bits per heavy atom. The molecule has 0 aliphatic rings. The molecule has 1 aromatic heterocycles. The molecule has 7 heteroatoms. The van der Waals surface area contributed by atoms with Crippen LogP contribution in [0.15, 0.2) is 22.7 Å². The van der Waals surface area contributed by atoms with E-state index in [4.69, 9.17) is 5.73 Å². The fraction of sp³-hybridized carbons (Fsp3) is 0.100. The molecule has 0 spiro atoms. The van der Waals surface area contributed by atoms with E-state index < -0.39 is 17.7 Å². The minimum atomic E-state index is -4.65. The third-order valence-electron chi connectivity index (χ3n) is 2.15. The number of aromatic nitrogens is 1. The van der Waals surface area contributed by atoms with Crippen molar-refractivity contribution in [2.75, 3.05) is 5.73 Å². The van der Waals surface area contributed by atoms with Gasteiger partial charge in [0.1, 0.15) is 11.2 Å². The third-order valence-corrected chi connectivity index (χ3v) is 2.61. The van der Waals surface area contributed by atoms with Crippen LogP contribution in [-0.2, 0) is 6.18 Å². The van der Waals surface area contributed by atoms with E-state index in [0.29, 0.717) is 10.5 Å². The summed E-state index contributed by atoms with van der Waals surface area (Å²) in [6.07, 6.45) is -4.65. The Labute approximate surface area is 102 Å². The zero-order chi connectivity index (χ0) is 12.8. The minimum Gasteiger partial charge on any atom is -0.398 e. The quantitative estimate of drug-likeness (QED) is 0.753. The zero-order valence-corrected chi connectivity index (χ0v) is 9.73. The third kappa shape index (κ3) is 2.19. The first-order valence-corrected chi connectivity index (χ1v) is 5.21. The summed E-state index contributed by atoms with van der Waals surface area (Å²) < 4.78 is 51.2. The average molecular weight is 309 g/mol. The number of rotatable bonds is 0. The highest BCUT2D eigenvalue weighted by Crippen LogP contribution is 2.33. The molecule has 0 fully saturated rings. The first kappa shape index (κ1) is 12.1. The number of hydrogen-bond acceptors (Lipinski definition) is 2. The van der Waals surface area contributed by atoms with Gasteiger partial charge in [-0.1, -0.05) is 15.9 Å². The number of pyridine rings is 1. The number of hydrogen-bond donors (Lipinski definition) is 1. The maximum atomic E-state index is 13.5. The van der Waals surface area contributed by atoms with Crippen LogP contribution in [0.4, 0.5) is 23.2 Å². The van der Waals surface area contributed by atoms with E-state index >= 15 is 0 Å². The minimum absolute atomic E-state index is 0.143. The largest absolute Gasteiger partial charge is 0.433 e. The van der Waals surface area contributed by atoms with E-state index in [0.717, 1.165) is 6.07 Å². The summed E-state index contributed by atoms with van der Waals surface area (Å²) in [7, 11) is 0. The van der Waals surface area contributed by atoms with Gasteiger partial charge in [-0.3, -0.25) is 0 Å². The van der Waals surface area contributed by atoms with Crippen molar-refractivity contribution in [2.24, 2.45) is 0 Å². The Hall–Kier alpha value is -1.37. The fourth-order valence-corrected chi connectivity index (χ4v) is 1.85. The maximum absolute atomic E-state index is 13.5. The molecule has 2 N–H and O–H groups in total. The highest BCUT2D eigenvalue weighted by atomic mass is 79.9. The van der Waals surface area contributed by atoms with Gasteiger partial charge in [0.25, 0.3) is 0 Å². The molecule has 0 amide bonds. The highest BCUT2D eigenvalue weighted by Gasteiger charge is 2.33. The lowest BCUT2D eigenvalue weighted by Gasteiger charge is -2.09. The zero-order valence-electron chi connectivity index (χ0n) is 8.15. The molecule has 0 saturated heterocycles. The number of fused-ring (bicyclic) bond motifs is 1. The van der Waals surface area contributed by atoms with Crippen molar-refractivity contribution in [1.82, 2.24) is 4.98 Å². The van der Waals surface area contributed by atoms with Gasteiger partial charge in [0.2, 0.25) is 0 Å². The summed E-state index contributed by atoms with van der Waals surface area (Å²) in [6.45, 7) is 0. The summed E-state index contributed by atoms with van der Waals surface area (Å²) in [5, 5.41) is 0.143. The molecule has 2 nitrogen and oxygen atoms in total. The predicted octanol–water partition coefficient (Wildman–Crippen LogP) is 3.74. The lowest BCUT2D eigenvalue weighted by molar-refractivity contribution is -0.140. The number of nitrogens with two attached hydrogens (primary N) is 1. The van der Waals surface area contributed by atoms with Crippen molar-refractivity contribution in [2.45, 2.75) is 6.18 Å². The number of alkyl halides is 3. The smallest absolute Gasteiger partial charge is 0.398 e. The van der Waals surface area contributed by atoms with Gasteiger partial charge in [0.05, 0.1) is 0 Å². The van der Waals surface area contributed by atoms with Gasteiger partial charge < -0.3 is 5.73 Å². The van der Waals surface area contributed by atoms with Crippen molar-refractivity contribution in [1.29, 1.82) is 0 Å². The van der Waals surface area contributed by atoms with Crippen LogP contribution in [0.3, 0.4) is 0 Å². The molecule has 0 radical (unpaired) electrons. The Balaban J connectivity index is 2.83. The average Bonchev–Trinajstić information content (AvgIpc) is 2.17. The standard InChI is InChI=1S/C10H5BrF4N2/c11-4-1-5-7(16)3-8(10(13,14)15)17-9(5)6(12)2-4/h1-3H,(H2,16,17). The molecule has 2 rings (SSSR count). The van der Waals surface area contributed by atoms with Gasteiger partial charge in [0.15, 0.2) is 5.82 Å². The molecule has 90 valence electrons. The van der Waals surface area contributed by atoms with E-state index in [-0.39, 0.29) is 16.6 Å². The van der Waals surface area contributed by atoms with Crippen molar-refractivity contribution in [3.05, 3.63) is 34.2 Å². The Morgan fingerprint density at radius 3 is 2.41 bits per heavy atom. The van der Waals surface area contributed by atoms with E-state index in [2.05, 4.69) is 20.9 Å². The number of nitrogen functional groups attached to an aromatic ring is 1. The molecule has 17 heavy (non-hydrogen) atoms. The monoisotopic (exact) mass is 308 g/mol. The van der Waals surface area contributed by atoms with Gasteiger partial charge in [-0.25, -0.2) is 9.37 Å². The van der Waals surface area contributed by atoms with Gasteiger partial charge in [-0.15, -0.1) is 0 Å². The van der Waals surface area contributed by atoms with Crippen LogP contribution in [0.1, 0.15) is 5.69 Å². The molecular formula is C10H5BrF4N2. The normalized spacial score (nSPS) is 12.1. The topological polar surface area (TPSA) is 38.9 Å². The van der Waals surface area contributed by atoms with Gasteiger partial charge in [0, 0.05) is 15.5 Å². The lowest BCUT2D eigenvalue weighted by atomic mass is 10.1. The summed E-state index contributed by atoms with van der Waals surface area (Å²) >= 11 is 3.03. The second kappa shape index (κ2) is 3.83. The molecule has 1 aromatic carbocycles. The highest BCUT2D eigenvalue weighted by molar-refractivity contribution is 9.10. The van der Waals surface area contributed by atoms with Crippen molar-refractivity contribution in [3.63, 3.8) is 0 Å². The van der Waals surface area contributed by atoms with Crippen LogP contribution >= 0.6 is 15.9 Å². The van der Waals surface area contributed by atoms with Gasteiger partial charge in [-0.05, 0) is 18.2 Å². The molecule has 0 aliphatic carbocycles.